The topological polar surface area (TPSA) is 76.1 Å². The highest BCUT2D eigenvalue weighted by molar-refractivity contribution is 6.18. The Morgan fingerprint density at radius 1 is 1.45 bits per heavy atom. The van der Waals surface area contributed by atoms with E-state index in [0.29, 0.717) is 12.3 Å². The maximum atomic E-state index is 12.5. The number of esters is 1. The molecule has 1 aliphatic rings. The predicted octanol–water partition coefficient (Wildman–Crippen LogP) is 2.16. The molecule has 0 radical (unpaired) electrons. The molecule has 1 saturated heterocycles. The fourth-order valence-electron chi connectivity index (χ4n) is 2.81. The van der Waals surface area contributed by atoms with Crippen molar-refractivity contribution in [3.8, 4) is 0 Å². The zero-order valence-electron chi connectivity index (χ0n) is 13.9. The second-order valence-corrected chi connectivity index (χ2v) is 7.24. The van der Waals surface area contributed by atoms with E-state index in [4.69, 9.17) is 21.1 Å². The summed E-state index contributed by atoms with van der Waals surface area (Å²) in [6, 6.07) is 0. The monoisotopic (exact) mass is 335 g/mol. The Bertz CT molecular complexity index is 423. The highest BCUT2D eigenvalue weighted by atomic mass is 35.5. The molecule has 7 heteroatoms. The number of halogens is 1. The number of methoxy groups -OCH3 is 1. The van der Waals surface area contributed by atoms with Crippen molar-refractivity contribution < 1.29 is 24.2 Å². The van der Waals surface area contributed by atoms with Gasteiger partial charge in [-0.1, -0.05) is 6.92 Å². The number of alkyl halides is 1. The van der Waals surface area contributed by atoms with Crippen molar-refractivity contribution in [1.29, 1.82) is 0 Å². The van der Waals surface area contributed by atoms with Crippen LogP contribution in [0.25, 0.3) is 0 Å². The molecule has 128 valence electrons. The molecule has 1 heterocycles. The van der Waals surface area contributed by atoms with Gasteiger partial charge >= 0.3 is 12.1 Å². The summed E-state index contributed by atoms with van der Waals surface area (Å²) in [6.45, 7) is 7.17. The Hall–Kier alpha value is -1.01. The first kappa shape index (κ1) is 19.0. The lowest BCUT2D eigenvalue weighted by Crippen LogP contribution is -2.55. The van der Waals surface area contributed by atoms with Gasteiger partial charge in [0.25, 0.3) is 0 Å². The zero-order valence-corrected chi connectivity index (χ0v) is 14.6. The summed E-state index contributed by atoms with van der Waals surface area (Å²) in [7, 11) is 1.27. The van der Waals surface area contributed by atoms with Gasteiger partial charge in [0.1, 0.15) is 11.1 Å². The summed E-state index contributed by atoms with van der Waals surface area (Å²) >= 11 is 5.86. The van der Waals surface area contributed by atoms with Crippen LogP contribution >= 0.6 is 11.6 Å². The molecular formula is C15H26ClNO5. The number of carbonyl (C=O) groups excluding carboxylic acids is 2. The standard InChI is InChI=1S/C15H26ClNO5/c1-10(8-16)6-15(12(19)21-5)7-11(18)9-17(15)13(20)22-14(2,3)4/h10-11,18H,6-9H2,1-5H3/t10?,11-,15-/m0/s1. The zero-order chi connectivity index (χ0) is 17.1. The van der Waals surface area contributed by atoms with Crippen LogP contribution in [0.5, 0.6) is 0 Å². The first-order valence-electron chi connectivity index (χ1n) is 7.39. The molecule has 1 unspecified atom stereocenters. The average Bonchev–Trinajstić information content (AvgIpc) is 2.73. The number of rotatable bonds is 4. The Morgan fingerprint density at radius 2 is 2.05 bits per heavy atom. The first-order chi connectivity index (χ1) is 10.1. The molecule has 3 atom stereocenters. The van der Waals surface area contributed by atoms with Gasteiger partial charge in [-0.15, -0.1) is 11.6 Å². The second kappa shape index (κ2) is 7.04. The number of likely N-dealkylation sites (tertiary alicyclic amines) is 1. The molecule has 0 saturated carbocycles. The van der Waals surface area contributed by atoms with E-state index in [1.165, 1.54) is 12.0 Å². The molecule has 0 bridgehead atoms. The van der Waals surface area contributed by atoms with E-state index in [9.17, 15) is 14.7 Å². The Morgan fingerprint density at radius 3 is 2.50 bits per heavy atom. The van der Waals surface area contributed by atoms with Crippen molar-refractivity contribution in [1.82, 2.24) is 4.90 Å². The van der Waals surface area contributed by atoms with Crippen LogP contribution in [0.1, 0.15) is 40.5 Å². The molecule has 1 amide bonds. The Balaban J connectivity index is 3.14. The SMILES string of the molecule is COC(=O)[C@]1(CC(C)CCl)C[C@H](O)CN1C(=O)OC(C)(C)C. The van der Waals surface area contributed by atoms with Gasteiger partial charge in [0, 0.05) is 12.3 Å². The molecular weight excluding hydrogens is 310 g/mol. The van der Waals surface area contributed by atoms with E-state index >= 15 is 0 Å². The Labute approximate surface area is 136 Å². The molecule has 0 aromatic heterocycles. The van der Waals surface area contributed by atoms with Crippen LogP contribution in [0, 0.1) is 5.92 Å². The smallest absolute Gasteiger partial charge is 0.411 e. The van der Waals surface area contributed by atoms with Crippen molar-refractivity contribution in [2.24, 2.45) is 5.92 Å². The summed E-state index contributed by atoms with van der Waals surface area (Å²) in [5.74, 6) is -0.223. The van der Waals surface area contributed by atoms with Gasteiger partial charge < -0.3 is 14.6 Å². The lowest BCUT2D eigenvalue weighted by atomic mass is 9.86. The summed E-state index contributed by atoms with van der Waals surface area (Å²) < 4.78 is 10.3. The summed E-state index contributed by atoms with van der Waals surface area (Å²) in [4.78, 5) is 26.1. The number of ether oxygens (including phenoxy) is 2. The van der Waals surface area contributed by atoms with Crippen LogP contribution in [0.3, 0.4) is 0 Å². The number of nitrogens with zero attached hydrogens (tertiary/aromatic N) is 1. The minimum atomic E-state index is -1.23. The molecule has 0 aliphatic carbocycles. The second-order valence-electron chi connectivity index (χ2n) is 6.94. The fraction of sp³-hybridized carbons (Fsp3) is 0.867. The van der Waals surface area contributed by atoms with Crippen molar-refractivity contribution in [3.05, 3.63) is 0 Å². The predicted molar refractivity (Wildman–Crippen MR) is 82.8 cm³/mol. The third kappa shape index (κ3) is 4.26. The van der Waals surface area contributed by atoms with Crippen molar-refractivity contribution >= 4 is 23.7 Å². The summed E-state index contributed by atoms with van der Waals surface area (Å²) in [5, 5.41) is 10.0. The van der Waals surface area contributed by atoms with Crippen LogP contribution in [0.2, 0.25) is 0 Å². The van der Waals surface area contributed by atoms with Crippen molar-refractivity contribution in [2.75, 3.05) is 19.5 Å². The third-order valence-corrected chi connectivity index (χ3v) is 4.14. The number of carbonyl (C=O) groups is 2. The van der Waals surface area contributed by atoms with E-state index in [0.717, 1.165) is 0 Å². The number of amides is 1. The van der Waals surface area contributed by atoms with E-state index in [2.05, 4.69) is 0 Å². The quantitative estimate of drug-likeness (QED) is 0.629. The minimum absolute atomic E-state index is 0.0176. The van der Waals surface area contributed by atoms with E-state index in [-0.39, 0.29) is 18.9 Å². The van der Waals surface area contributed by atoms with Crippen LogP contribution < -0.4 is 0 Å². The molecule has 1 N–H and O–H groups in total. The number of hydrogen-bond acceptors (Lipinski definition) is 5. The van der Waals surface area contributed by atoms with E-state index in [1.54, 1.807) is 20.8 Å². The highest BCUT2D eigenvalue weighted by Crippen LogP contribution is 2.37. The van der Waals surface area contributed by atoms with Crippen LogP contribution in [0.4, 0.5) is 4.79 Å². The van der Waals surface area contributed by atoms with Gasteiger partial charge in [-0.3, -0.25) is 4.90 Å². The van der Waals surface area contributed by atoms with E-state index < -0.39 is 29.3 Å². The normalized spacial score (nSPS) is 26.7. The fourth-order valence-corrected chi connectivity index (χ4v) is 2.92. The van der Waals surface area contributed by atoms with Crippen LogP contribution in [-0.2, 0) is 14.3 Å². The number of hydrogen-bond donors (Lipinski definition) is 1. The molecule has 0 spiro atoms. The van der Waals surface area contributed by atoms with Gasteiger partial charge in [0.2, 0.25) is 0 Å². The van der Waals surface area contributed by atoms with Gasteiger partial charge in [-0.25, -0.2) is 9.59 Å². The van der Waals surface area contributed by atoms with Gasteiger partial charge in [-0.2, -0.15) is 0 Å². The minimum Gasteiger partial charge on any atom is -0.467 e. The highest BCUT2D eigenvalue weighted by Gasteiger charge is 2.55. The molecule has 0 aromatic rings. The van der Waals surface area contributed by atoms with Crippen LogP contribution in [-0.4, -0.2) is 58.8 Å². The molecule has 22 heavy (non-hydrogen) atoms. The molecule has 6 nitrogen and oxygen atoms in total. The average molecular weight is 336 g/mol. The summed E-state index contributed by atoms with van der Waals surface area (Å²) in [5.41, 5.74) is -1.92. The lowest BCUT2D eigenvalue weighted by molar-refractivity contribution is -0.154. The largest absolute Gasteiger partial charge is 0.467 e. The lowest BCUT2D eigenvalue weighted by Gasteiger charge is -2.37. The van der Waals surface area contributed by atoms with Crippen molar-refractivity contribution in [2.45, 2.75) is 57.8 Å². The molecule has 1 aliphatic heterocycles. The number of β-amino-alcohol motifs (C(OH)–C–C–N with tert-alkyl or cyclic N) is 1. The third-order valence-electron chi connectivity index (χ3n) is 3.61. The van der Waals surface area contributed by atoms with Gasteiger partial charge in [0.15, 0.2) is 0 Å². The van der Waals surface area contributed by atoms with Gasteiger partial charge in [0.05, 0.1) is 19.8 Å². The number of aliphatic hydroxyl groups excluding tert-OH is 1. The van der Waals surface area contributed by atoms with Gasteiger partial charge in [-0.05, 0) is 33.1 Å². The van der Waals surface area contributed by atoms with Crippen molar-refractivity contribution in [3.63, 3.8) is 0 Å². The molecule has 1 fully saturated rings. The first-order valence-corrected chi connectivity index (χ1v) is 7.92. The maximum Gasteiger partial charge on any atom is 0.411 e. The maximum absolute atomic E-state index is 12.5. The summed E-state index contributed by atoms with van der Waals surface area (Å²) in [6.07, 6.45) is -0.982. The molecule has 1 rings (SSSR count). The number of aliphatic hydroxyl groups is 1. The molecule has 0 aromatic carbocycles. The Kier molecular flexibility index (Phi) is 6.10. The van der Waals surface area contributed by atoms with E-state index in [1.807, 2.05) is 6.92 Å². The van der Waals surface area contributed by atoms with Crippen LogP contribution in [0.15, 0.2) is 0 Å².